The summed E-state index contributed by atoms with van der Waals surface area (Å²) in [5.41, 5.74) is 1.10. The fourth-order valence-electron chi connectivity index (χ4n) is 0.841. The molecule has 0 saturated heterocycles. The molecule has 12 heavy (non-hydrogen) atoms. The number of hydrogen-bond donors (Lipinski definition) is 1. The summed E-state index contributed by atoms with van der Waals surface area (Å²) in [6.07, 6.45) is 1.22. The lowest BCUT2D eigenvalue weighted by Gasteiger charge is -2.07. The molecule has 0 aliphatic rings. The van der Waals surface area contributed by atoms with E-state index in [0.717, 1.165) is 23.3 Å². The van der Waals surface area contributed by atoms with E-state index in [2.05, 4.69) is 29.5 Å². The maximum Gasteiger partial charge on any atom is 0.182 e. The summed E-state index contributed by atoms with van der Waals surface area (Å²) in [4.78, 5) is 4.32. The van der Waals surface area contributed by atoms with Crippen LogP contribution in [0, 0.1) is 12.8 Å². The number of aromatic nitrogens is 1. The Morgan fingerprint density at radius 1 is 1.67 bits per heavy atom. The number of aryl methyl sites for hydroxylation is 1. The molecule has 1 aromatic heterocycles. The molecule has 1 atom stereocenters. The number of rotatable bonds is 4. The molecule has 3 heteroatoms. The Balaban J connectivity index is 2.33. The van der Waals surface area contributed by atoms with Crippen molar-refractivity contribution < 1.29 is 0 Å². The molecule has 0 radical (unpaired) electrons. The first kappa shape index (κ1) is 9.52. The van der Waals surface area contributed by atoms with Crippen molar-refractivity contribution in [3.8, 4) is 0 Å². The van der Waals surface area contributed by atoms with Crippen molar-refractivity contribution in [2.24, 2.45) is 5.92 Å². The Hall–Kier alpha value is -0.570. The second kappa shape index (κ2) is 4.45. The molecule has 0 aliphatic heterocycles. The molecule has 1 rings (SSSR count). The van der Waals surface area contributed by atoms with Gasteiger partial charge in [0.05, 0.1) is 5.69 Å². The molecule has 1 unspecified atom stereocenters. The normalized spacial score (nSPS) is 12.9. The molecule has 0 aliphatic carbocycles. The third kappa shape index (κ3) is 2.81. The molecule has 68 valence electrons. The summed E-state index contributed by atoms with van der Waals surface area (Å²) >= 11 is 1.68. The Labute approximate surface area is 78.0 Å². The van der Waals surface area contributed by atoms with E-state index in [1.807, 2.05) is 6.92 Å². The summed E-state index contributed by atoms with van der Waals surface area (Å²) in [6, 6.07) is 0. The van der Waals surface area contributed by atoms with E-state index < -0.39 is 0 Å². The minimum atomic E-state index is 0.731. The van der Waals surface area contributed by atoms with Gasteiger partial charge in [0.1, 0.15) is 0 Å². The lowest BCUT2D eigenvalue weighted by atomic mass is 10.1. The van der Waals surface area contributed by atoms with E-state index >= 15 is 0 Å². The molecule has 1 N–H and O–H groups in total. The summed E-state index contributed by atoms with van der Waals surface area (Å²) in [7, 11) is 0. The maximum absolute atomic E-state index is 4.32. The van der Waals surface area contributed by atoms with Crippen LogP contribution in [0.2, 0.25) is 0 Å². The van der Waals surface area contributed by atoms with Gasteiger partial charge < -0.3 is 5.32 Å². The minimum absolute atomic E-state index is 0.731. The molecular formula is C9H16N2S. The standard InChI is InChI=1S/C9H16N2S/c1-4-7(2)5-10-9-11-8(3)6-12-9/h6-7H,4-5H2,1-3H3,(H,10,11). The Kier molecular flexibility index (Phi) is 3.53. The molecule has 0 bridgehead atoms. The van der Waals surface area contributed by atoms with Crippen molar-refractivity contribution in [2.45, 2.75) is 27.2 Å². The van der Waals surface area contributed by atoms with Crippen molar-refractivity contribution in [2.75, 3.05) is 11.9 Å². The van der Waals surface area contributed by atoms with E-state index in [-0.39, 0.29) is 0 Å². The largest absolute Gasteiger partial charge is 0.361 e. The average Bonchev–Trinajstić information content (AvgIpc) is 2.47. The molecule has 0 saturated carbocycles. The molecule has 0 amide bonds. The van der Waals surface area contributed by atoms with Gasteiger partial charge in [-0.3, -0.25) is 0 Å². The summed E-state index contributed by atoms with van der Waals surface area (Å²) in [6.45, 7) is 7.50. The molecule has 1 aromatic rings. The van der Waals surface area contributed by atoms with Crippen molar-refractivity contribution in [1.82, 2.24) is 4.98 Å². The number of thiazole rings is 1. The summed E-state index contributed by atoms with van der Waals surface area (Å²) < 4.78 is 0. The van der Waals surface area contributed by atoms with Crippen LogP contribution < -0.4 is 5.32 Å². The quantitative estimate of drug-likeness (QED) is 0.778. The zero-order chi connectivity index (χ0) is 8.97. The number of anilines is 1. The van der Waals surface area contributed by atoms with Gasteiger partial charge in [-0.15, -0.1) is 11.3 Å². The van der Waals surface area contributed by atoms with E-state index in [1.54, 1.807) is 11.3 Å². The lowest BCUT2D eigenvalue weighted by Crippen LogP contribution is -2.09. The van der Waals surface area contributed by atoms with Gasteiger partial charge in [-0.05, 0) is 12.8 Å². The van der Waals surface area contributed by atoms with Gasteiger partial charge in [-0.2, -0.15) is 0 Å². The second-order valence-corrected chi connectivity index (χ2v) is 4.05. The van der Waals surface area contributed by atoms with E-state index in [1.165, 1.54) is 6.42 Å². The Bertz CT molecular complexity index is 232. The van der Waals surface area contributed by atoms with Crippen LogP contribution in [0.1, 0.15) is 26.0 Å². The smallest absolute Gasteiger partial charge is 0.182 e. The molecule has 0 spiro atoms. The third-order valence-corrected chi connectivity index (χ3v) is 2.84. The Morgan fingerprint density at radius 3 is 2.92 bits per heavy atom. The van der Waals surface area contributed by atoms with E-state index in [0.29, 0.717) is 0 Å². The van der Waals surface area contributed by atoms with Crippen LogP contribution in [-0.4, -0.2) is 11.5 Å². The van der Waals surface area contributed by atoms with E-state index in [4.69, 9.17) is 0 Å². The first-order valence-electron chi connectivity index (χ1n) is 4.38. The van der Waals surface area contributed by atoms with Crippen LogP contribution in [0.15, 0.2) is 5.38 Å². The average molecular weight is 184 g/mol. The van der Waals surface area contributed by atoms with E-state index in [9.17, 15) is 0 Å². The van der Waals surface area contributed by atoms with Crippen LogP contribution >= 0.6 is 11.3 Å². The lowest BCUT2D eigenvalue weighted by molar-refractivity contribution is 0.593. The van der Waals surface area contributed by atoms with Crippen LogP contribution in [0.3, 0.4) is 0 Å². The van der Waals surface area contributed by atoms with Crippen molar-refractivity contribution in [3.05, 3.63) is 11.1 Å². The highest BCUT2D eigenvalue weighted by Gasteiger charge is 2.00. The zero-order valence-corrected chi connectivity index (χ0v) is 8.74. The first-order chi connectivity index (χ1) is 5.72. The summed E-state index contributed by atoms with van der Waals surface area (Å²) in [5, 5.41) is 6.44. The second-order valence-electron chi connectivity index (χ2n) is 3.19. The molecule has 0 aromatic carbocycles. The highest BCUT2D eigenvalue weighted by molar-refractivity contribution is 7.13. The zero-order valence-electron chi connectivity index (χ0n) is 7.92. The maximum atomic E-state index is 4.32. The highest BCUT2D eigenvalue weighted by atomic mass is 32.1. The molecule has 2 nitrogen and oxygen atoms in total. The molecular weight excluding hydrogens is 168 g/mol. The van der Waals surface area contributed by atoms with Crippen molar-refractivity contribution in [3.63, 3.8) is 0 Å². The predicted molar refractivity (Wildman–Crippen MR) is 54.8 cm³/mol. The predicted octanol–water partition coefficient (Wildman–Crippen LogP) is 2.91. The topological polar surface area (TPSA) is 24.9 Å². The minimum Gasteiger partial charge on any atom is -0.361 e. The van der Waals surface area contributed by atoms with Crippen LogP contribution in [0.5, 0.6) is 0 Å². The van der Waals surface area contributed by atoms with Gasteiger partial charge >= 0.3 is 0 Å². The van der Waals surface area contributed by atoms with Crippen molar-refractivity contribution in [1.29, 1.82) is 0 Å². The number of nitrogens with one attached hydrogen (secondary N) is 1. The summed E-state index contributed by atoms with van der Waals surface area (Å²) in [5.74, 6) is 0.731. The van der Waals surface area contributed by atoms with Gasteiger partial charge in [-0.1, -0.05) is 20.3 Å². The number of hydrogen-bond acceptors (Lipinski definition) is 3. The fraction of sp³-hybridized carbons (Fsp3) is 0.667. The van der Waals surface area contributed by atoms with Gasteiger partial charge in [0.25, 0.3) is 0 Å². The fourth-order valence-corrected chi connectivity index (χ4v) is 1.54. The van der Waals surface area contributed by atoms with Gasteiger partial charge in [0, 0.05) is 11.9 Å². The number of nitrogens with zero attached hydrogens (tertiary/aromatic N) is 1. The van der Waals surface area contributed by atoms with Gasteiger partial charge in [0.15, 0.2) is 5.13 Å². The molecule has 0 fully saturated rings. The van der Waals surface area contributed by atoms with Gasteiger partial charge in [0.2, 0.25) is 0 Å². The first-order valence-corrected chi connectivity index (χ1v) is 5.26. The van der Waals surface area contributed by atoms with Crippen LogP contribution in [0.4, 0.5) is 5.13 Å². The monoisotopic (exact) mass is 184 g/mol. The Morgan fingerprint density at radius 2 is 2.42 bits per heavy atom. The third-order valence-electron chi connectivity index (χ3n) is 1.92. The molecule has 1 heterocycles. The highest BCUT2D eigenvalue weighted by Crippen LogP contribution is 2.15. The SMILES string of the molecule is CCC(C)CNc1nc(C)cs1. The van der Waals surface area contributed by atoms with Crippen LogP contribution in [-0.2, 0) is 0 Å². The van der Waals surface area contributed by atoms with Gasteiger partial charge in [-0.25, -0.2) is 4.98 Å². The van der Waals surface area contributed by atoms with Crippen LogP contribution in [0.25, 0.3) is 0 Å². The van der Waals surface area contributed by atoms with Crippen molar-refractivity contribution >= 4 is 16.5 Å².